The summed E-state index contributed by atoms with van der Waals surface area (Å²) in [6.45, 7) is 4.58. The number of nitrogens with zero attached hydrogens (tertiary/aromatic N) is 3. The third-order valence-electron chi connectivity index (χ3n) is 3.63. The van der Waals surface area contributed by atoms with Gasteiger partial charge in [0, 0.05) is 23.5 Å². The molecule has 106 valence electrons. The van der Waals surface area contributed by atoms with Gasteiger partial charge in [0.1, 0.15) is 0 Å². The Kier molecular flexibility index (Phi) is 3.30. The summed E-state index contributed by atoms with van der Waals surface area (Å²) < 4.78 is 1.84. The summed E-state index contributed by atoms with van der Waals surface area (Å²) >= 11 is 0. The van der Waals surface area contributed by atoms with Crippen LogP contribution in [0.5, 0.6) is 0 Å². The fraction of sp³-hybridized carbons (Fsp3) is 0.500. The molecule has 0 fully saturated rings. The maximum Gasteiger partial charge on any atom is 0.272 e. The largest absolute Gasteiger partial charge is 0.346 e. The molecule has 2 aromatic heterocycles. The van der Waals surface area contributed by atoms with Gasteiger partial charge in [0.25, 0.3) is 5.91 Å². The molecule has 0 spiro atoms. The Morgan fingerprint density at radius 3 is 3.15 bits per heavy atom. The monoisotopic (exact) mass is 273 g/mol. The van der Waals surface area contributed by atoms with Crippen molar-refractivity contribution in [2.45, 2.75) is 45.7 Å². The Morgan fingerprint density at radius 2 is 2.40 bits per heavy atom. The molecule has 2 heterocycles. The zero-order chi connectivity index (χ0) is 14.1. The van der Waals surface area contributed by atoms with Crippen LogP contribution in [0.2, 0.25) is 0 Å². The molecule has 3 rings (SSSR count). The fourth-order valence-corrected chi connectivity index (χ4v) is 2.69. The summed E-state index contributed by atoms with van der Waals surface area (Å²) in [5.74, 6) is -0.0965. The maximum absolute atomic E-state index is 12.2. The lowest BCUT2D eigenvalue weighted by atomic mass is 10.2. The van der Waals surface area contributed by atoms with E-state index in [1.165, 1.54) is 0 Å². The first kappa shape index (κ1) is 12.9. The van der Waals surface area contributed by atoms with Gasteiger partial charge >= 0.3 is 0 Å². The molecule has 0 saturated carbocycles. The average molecular weight is 273 g/mol. The number of H-pyrrole nitrogens is 1. The molecule has 0 radical (unpaired) electrons. The van der Waals surface area contributed by atoms with Gasteiger partial charge in [-0.2, -0.15) is 10.2 Å². The first-order valence-corrected chi connectivity index (χ1v) is 7.00. The zero-order valence-electron chi connectivity index (χ0n) is 11.8. The van der Waals surface area contributed by atoms with Gasteiger partial charge < -0.3 is 5.32 Å². The minimum absolute atomic E-state index is 0.00977. The Hall–Kier alpha value is -2.11. The number of aromatic amines is 1. The van der Waals surface area contributed by atoms with Gasteiger partial charge in [0.15, 0.2) is 5.69 Å². The highest BCUT2D eigenvalue weighted by Gasteiger charge is 2.23. The predicted molar refractivity (Wildman–Crippen MR) is 74.5 cm³/mol. The van der Waals surface area contributed by atoms with E-state index in [-0.39, 0.29) is 11.9 Å². The molecule has 0 bridgehead atoms. The highest BCUT2D eigenvalue weighted by molar-refractivity contribution is 5.94. The standard InChI is InChI=1S/C14H19N5O/c1-9-6-7-19(18-9)8-10(2)15-14(20)13-11-4-3-5-12(11)16-17-13/h6-7,10H,3-5,8H2,1-2H3,(H,15,20)(H,16,17). The number of hydrogen-bond acceptors (Lipinski definition) is 3. The second-order valence-corrected chi connectivity index (χ2v) is 5.44. The van der Waals surface area contributed by atoms with Crippen LogP contribution in [0.1, 0.15) is 40.8 Å². The number of rotatable bonds is 4. The van der Waals surface area contributed by atoms with Crippen LogP contribution in [-0.2, 0) is 19.4 Å². The second kappa shape index (κ2) is 5.11. The highest BCUT2D eigenvalue weighted by atomic mass is 16.2. The van der Waals surface area contributed by atoms with Crippen molar-refractivity contribution in [2.75, 3.05) is 0 Å². The molecule has 1 aliphatic carbocycles. The van der Waals surface area contributed by atoms with Crippen LogP contribution in [0.4, 0.5) is 0 Å². The van der Waals surface area contributed by atoms with Gasteiger partial charge in [-0.15, -0.1) is 0 Å². The van der Waals surface area contributed by atoms with Crippen LogP contribution in [-0.4, -0.2) is 31.9 Å². The number of hydrogen-bond donors (Lipinski definition) is 2. The third kappa shape index (κ3) is 2.45. The lowest BCUT2D eigenvalue weighted by Crippen LogP contribution is -2.36. The molecule has 0 saturated heterocycles. The summed E-state index contributed by atoms with van der Waals surface area (Å²) in [6, 6.07) is 1.96. The van der Waals surface area contributed by atoms with Crippen LogP contribution in [0.3, 0.4) is 0 Å². The van der Waals surface area contributed by atoms with Crippen molar-refractivity contribution in [3.8, 4) is 0 Å². The van der Waals surface area contributed by atoms with Crippen molar-refractivity contribution in [2.24, 2.45) is 0 Å². The predicted octanol–water partition coefficient (Wildman–Crippen LogP) is 1.22. The molecule has 1 atom stereocenters. The van der Waals surface area contributed by atoms with Crippen LogP contribution >= 0.6 is 0 Å². The summed E-state index contributed by atoms with van der Waals surface area (Å²) in [5, 5.41) is 14.4. The summed E-state index contributed by atoms with van der Waals surface area (Å²) in [6.07, 6.45) is 4.97. The Bertz CT molecular complexity index is 627. The smallest absolute Gasteiger partial charge is 0.272 e. The molecule has 20 heavy (non-hydrogen) atoms. The van der Waals surface area contributed by atoms with Crippen LogP contribution < -0.4 is 5.32 Å². The number of aromatic nitrogens is 4. The van der Waals surface area contributed by atoms with E-state index < -0.39 is 0 Å². The molecule has 2 N–H and O–H groups in total. The molecular formula is C14H19N5O. The molecular weight excluding hydrogens is 254 g/mol. The molecule has 1 amide bonds. The molecule has 0 aliphatic heterocycles. The van der Waals surface area contributed by atoms with Crippen molar-refractivity contribution in [3.63, 3.8) is 0 Å². The lowest BCUT2D eigenvalue weighted by Gasteiger charge is -2.13. The zero-order valence-corrected chi connectivity index (χ0v) is 11.8. The summed E-state index contributed by atoms with van der Waals surface area (Å²) in [7, 11) is 0. The Labute approximate surface area is 117 Å². The third-order valence-corrected chi connectivity index (χ3v) is 3.63. The summed E-state index contributed by atoms with van der Waals surface area (Å²) in [4.78, 5) is 12.2. The van der Waals surface area contributed by atoms with E-state index in [0.717, 1.165) is 36.2 Å². The van der Waals surface area contributed by atoms with Gasteiger partial charge in [-0.25, -0.2) is 0 Å². The Morgan fingerprint density at radius 1 is 1.55 bits per heavy atom. The minimum Gasteiger partial charge on any atom is -0.346 e. The van der Waals surface area contributed by atoms with E-state index >= 15 is 0 Å². The van der Waals surface area contributed by atoms with Crippen molar-refractivity contribution in [3.05, 3.63) is 34.9 Å². The van der Waals surface area contributed by atoms with E-state index in [0.29, 0.717) is 12.2 Å². The second-order valence-electron chi connectivity index (χ2n) is 5.44. The number of nitrogens with one attached hydrogen (secondary N) is 2. The molecule has 1 aliphatic rings. The van der Waals surface area contributed by atoms with E-state index in [9.17, 15) is 4.79 Å². The van der Waals surface area contributed by atoms with Gasteiger partial charge in [-0.1, -0.05) is 0 Å². The highest BCUT2D eigenvalue weighted by Crippen LogP contribution is 2.22. The summed E-state index contributed by atoms with van der Waals surface area (Å²) in [5.41, 5.74) is 3.74. The van der Waals surface area contributed by atoms with E-state index in [1.807, 2.05) is 30.8 Å². The molecule has 2 aromatic rings. The van der Waals surface area contributed by atoms with Crippen LogP contribution in [0, 0.1) is 6.92 Å². The topological polar surface area (TPSA) is 75.6 Å². The van der Waals surface area contributed by atoms with Gasteiger partial charge in [-0.3, -0.25) is 14.6 Å². The van der Waals surface area contributed by atoms with E-state index in [1.54, 1.807) is 0 Å². The Balaban J connectivity index is 1.63. The van der Waals surface area contributed by atoms with Crippen molar-refractivity contribution in [1.82, 2.24) is 25.3 Å². The minimum atomic E-state index is -0.0965. The number of fused-ring (bicyclic) bond motifs is 1. The van der Waals surface area contributed by atoms with E-state index in [2.05, 4.69) is 20.6 Å². The van der Waals surface area contributed by atoms with Crippen molar-refractivity contribution in [1.29, 1.82) is 0 Å². The van der Waals surface area contributed by atoms with Crippen molar-refractivity contribution < 1.29 is 4.79 Å². The fourth-order valence-electron chi connectivity index (χ4n) is 2.69. The van der Waals surface area contributed by atoms with Crippen LogP contribution in [0.15, 0.2) is 12.3 Å². The average Bonchev–Trinajstić information content (AvgIpc) is 3.04. The van der Waals surface area contributed by atoms with E-state index in [4.69, 9.17) is 0 Å². The number of carbonyl (C=O) groups excluding carboxylic acids is 1. The quantitative estimate of drug-likeness (QED) is 0.879. The molecule has 0 aromatic carbocycles. The lowest BCUT2D eigenvalue weighted by molar-refractivity contribution is 0.0930. The number of amides is 1. The SMILES string of the molecule is Cc1ccn(CC(C)NC(=O)c2n[nH]c3c2CCC3)n1. The van der Waals surface area contributed by atoms with Gasteiger partial charge in [-0.05, 0) is 39.2 Å². The maximum atomic E-state index is 12.2. The molecule has 6 heteroatoms. The van der Waals surface area contributed by atoms with Crippen molar-refractivity contribution >= 4 is 5.91 Å². The number of carbonyl (C=O) groups is 1. The van der Waals surface area contributed by atoms with Crippen LogP contribution in [0.25, 0.3) is 0 Å². The first-order chi connectivity index (χ1) is 9.63. The normalized spacial score (nSPS) is 15.1. The molecule has 1 unspecified atom stereocenters. The van der Waals surface area contributed by atoms with Gasteiger partial charge in [0.05, 0.1) is 12.2 Å². The first-order valence-electron chi connectivity index (χ1n) is 7.00. The van der Waals surface area contributed by atoms with Gasteiger partial charge in [0.2, 0.25) is 0 Å². The number of aryl methyl sites for hydroxylation is 2. The molecule has 6 nitrogen and oxygen atoms in total.